The van der Waals surface area contributed by atoms with Gasteiger partial charge in [0, 0.05) is 24.2 Å². The third-order valence-corrected chi connectivity index (χ3v) is 6.11. The van der Waals surface area contributed by atoms with Crippen molar-refractivity contribution in [2.75, 3.05) is 19.0 Å². The van der Waals surface area contributed by atoms with Crippen LogP contribution in [0.1, 0.15) is 42.2 Å². The number of hydrogen-bond acceptors (Lipinski definition) is 6. The third-order valence-electron chi connectivity index (χ3n) is 6.11. The molecule has 3 aromatic carbocycles. The Morgan fingerprint density at radius 2 is 1.76 bits per heavy atom. The van der Waals surface area contributed by atoms with Crippen LogP contribution in [0.2, 0.25) is 0 Å². The van der Waals surface area contributed by atoms with Gasteiger partial charge in [0.25, 0.3) is 0 Å². The monoisotopic (exact) mass is 520 g/mol. The van der Waals surface area contributed by atoms with Crippen LogP contribution < -0.4 is 26.4 Å². The van der Waals surface area contributed by atoms with Crippen molar-refractivity contribution >= 4 is 17.6 Å². The van der Waals surface area contributed by atoms with Gasteiger partial charge in [0.2, 0.25) is 5.91 Å². The number of aromatic hydroxyl groups is 1. The van der Waals surface area contributed by atoms with Crippen LogP contribution in [-0.2, 0) is 24.2 Å². The molecule has 1 atom stereocenters. The fourth-order valence-electron chi connectivity index (χ4n) is 4.20. The Labute approximate surface area is 223 Å². The van der Waals surface area contributed by atoms with Crippen LogP contribution in [0.3, 0.4) is 0 Å². The summed E-state index contributed by atoms with van der Waals surface area (Å²) in [6.07, 6.45) is 0.0556. The van der Waals surface area contributed by atoms with Gasteiger partial charge in [0.15, 0.2) is 0 Å². The molecule has 0 radical (unpaired) electrons. The molecule has 0 aliphatic carbocycles. The molecule has 7 N–H and O–H groups in total. The van der Waals surface area contributed by atoms with Crippen LogP contribution in [-0.4, -0.2) is 41.3 Å². The van der Waals surface area contributed by atoms with Gasteiger partial charge in [0.1, 0.15) is 11.5 Å². The van der Waals surface area contributed by atoms with Crippen LogP contribution in [0.4, 0.5) is 10.5 Å². The quantitative estimate of drug-likeness (QED) is 0.202. The number of carbonyl (C=O) groups is 2. The minimum absolute atomic E-state index is 0.0762. The number of phenolic OH excluding ortho intramolecular Hbond substituents is 1. The summed E-state index contributed by atoms with van der Waals surface area (Å²) in [5.41, 5.74) is 8.32. The molecule has 0 saturated carbocycles. The van der Waals surface area contributed by atoms with Crippen molar-refractivity contribution in [1.29, 1.82) is 0 Å². The fourth-order valence-corrected chi connectivity index (χ4v) is 4.20. The molecular formula is C29H36N4O5. The number of phenols is 1. The number of nitrogens with one attached hydrogen (secondary N) is 3. The highest BCUT2D eigenvalue weighted by Crippen LogP contribution is 2.27. The molecule has 0 aromatic heterocycles. The van der Waals surface area contributed by atoms with Gasteiger partial charge in [0.05, 0.1) is 25.3 Å². The van der Waals surface area contributed by atoms with Crippen molar-refractivity contribution in [1.82, 2.24) is 10.6 Å². The highest BCUT2D eigenvalue weighted by molar-refractivity contribution is 5.89. The first-order valence-corrected chi connectivity index (χ1v) is 12.3. The minimum Gasteiger partial charge on any atom is -0.506 e. The minimum atomic E-state index is -0.874. The van der Waals surface area contributed by atoms with Gasteiger partial charge in [-0.15, -0.1) is 0 Å². The molecule has 38 heavy (non-hydrogen) atoms. The number of methoxy groups -OCH3 is 1. The zero-order valence-corrected chi connectivity index (χ0v) is 22.0. The first-order valence-electron chi connectivity index (χ1n) is 12.3. The molecule has 9 heteroatoms. The number of para-hydroxylation sites is 1. The van der Waals surface area contributed by atoms with E-state index in [1.807, 2.05) is 62.4 Å². The van der Waals surface area contributed by atoms with E-state index in [0.29, 0.717) is 18.5 Å². The molecule has 0 aliphatic heterocycles. The molecule has 0 fully saturated rings. The maximum atomic E-state index is 12.6. The van der Waals surface area contributed by atoms with Gasteiger partial charge in [-0.25, -0.2) is 4.79 Å². The van der Waals surface area contributed by atoms with Gasteiger partial charge in [-0.2, -0.15) is 0 Å². The van der Waals surface area contributed by atoms with Crippen molar-refractivity contribution in [2.24, 2.45) is 5.73 Å². The lowest BCUT2D eigenvalue weighted by Gasteiger charge is -2.28. The van der Waals surface area contributed by atoms with E-state index in [4.69, 9.17) is 10.5 Å². The first kappa shape index (κ1) is 28.5. The number of amides is 3. The van der Waals surface area contributed by atoms with Gasteiger partial charge in [-0.3, -0.25) is 4.79 Å². The van der Waals surface area contributed by atoms with Gasteiger partial charge in [-0.1, -0.05) is 48.5 Å². The van der Waals surface area contributed by atoms with Crippen molar-refractivity contribution in [3.63, 3.8) is 0 Å². The number of hydrogen-bond donors (Lipinski definition) is 6. The number of primary amides is 1. The van der Waals surface area contributed by atoms with E-state index in [2.05, 4.69) is 16.0 Å². The summed E-state index contributed by atoms with van der Waals surface area (Å²) >= 11 is 0. The van der Waals surface area contributed by atoms with Crippen LogP contribution in [0, 0.1) is 0 Å². The normalized spacial score (nSPS) is 12.0. The van der Waals surface area contributed by atoms with Crippen molar-refractivity contribution in [3.05, 3.63) is 89.0 Å². The molecule has 3 amide bonds. The molecule has 3 aromatic rings. The number of ether oxygens (including phenoxy) is 1. The second-order valence-electron chi connectivity index (χ2n) is 9.81. The van der Waals surface area contributed by atoms with Crippen LogP contribution in [0.5, 0.6) is 11.5 Å². The Balaban J connectivity index is 1.54. The van der Waals surface area contributed by atoms with E-state index in [0.717, 1.165) is 22.4 Å². The first-order chi connectivity index (χ1) is 18.1. The molecule has 0 saturated heterocycles. The van der Waals surface area contributed by atoms with Gasteiger partial charge < -0.3 is 36.6 Å². The Hall–Kier alpha value is -4.08. The number of urea groups is 1. The lowest BCUT2D eigenvalue weighted by Crippen LogP contribution is -2.43. The fraction of sp³-hybridized carbons (Fsp3) is 0.310. The van der Waals surface area contributed by atoms with Crippen molar-refractivity contribution < 1.29 is 24.5 Å². The molecule has 0 aliphatic rings. The zero-order chi connectivity index (χ0) is 27.7. The van der Waals surface area contributed by atoms with Crippen molar-refractivity contribution in [2.45, 2.75) is 44.9 Å². The average molecular weight is 521 g/mol. The lowest BCUT2D eigenvalue weighted by molar-refractivity contribution is -0.120. The summed E-state index contributed by atoms with van der Waals surface area (Å²) in [4.78, 5) is 23.7. The standard InChI is InChI=1S/C29H36N4O5/c1-29(2,32-18-25(35)21-11-12-24(34)23(15-21)33-28(30)37)16-20-8-6-7-19(13-20)14-27(36)31-17-22-9-4-5-10-26(22)38-3/h4-13,15,25,32,34-35H,14,16-18H2,1-3H3,(H,31,36)(H3,30,33,37). The van der Waals surface area contributed by atoms with E-state index >= 15 is 0 Å². The molecule has 0 heterocycles. The Kier molecular flexibility index (Phi) is 9.70. The Bertz CT molecular complexity index is 1260. The smallest absolute Gasteiger partial charge is 0.316 e. The largest absolute Gasteiger partial charge is 0.506 e. The number of rotatable bonds is 12. The average Bonchev–Trinajstić information content (AvgIpc) is 2.87. The third kappa shape index (κ3) is 8.50. The van der Waals surface area contributed by atoms with Crippen LogP contribution >= 0.6 is 0 Å². The predicted molar refractivity (Wildman–Crippen MR) is 147 cm³/mol. The number of anilines is 1. The SMILES string of the molecule is COc1ccccc1CNC(=O)Cc1cccc(CC(C)(C)NCC(O)c2ccc(O)c(NC(N)=O)c2)c1. The van der Waals surface area contributed by atoms with E-state index in [-0.39, 0.29) is 35.8 Å². The summed E-state index contributed by atoms with van der Waals surface area (Å²) < 4.78 is 5.34. The van der Waals surface area contributed by atoms with Crippen LogP contribution in [0.15, 0.2) is 66.7 Å². The summed E-state index contributed by atoms with van der Waals surface area (Å²) in [5.74, 6) is 0.525. The molecular weight excluding hydrogens is 484 g/mol. The topological polar surface area (TPSA) is 146 Å². The van der Waals surface area contributed by atoms with E-state index in [9.17, 15) is 19.8 Å². The maximum Gasteiger partial charge on any atom is 0.316 e. The number of aliphatic hydroxyl groups excluding tert-OH is 1. The number of benzene rings is 3. The number of nitrogens with two attached hydrogens (primary N) is 1. The Morgan fingerprint density at radius 1 is 1.03 bits per heavy atom. The highest BCUT2D eigenvalue weighted by atomic mass is 16.5. The second-order valence-corrected chi connectivity index (χ2v) is 9.81. The predicted octanol–water partition coefficient (Wildman–Crippen LogP) is 3.39. The zero-order valence-electron chi connectivity index (χ0n) is 22.0. The summed E-state index contributed by atoms with van der Waals surface area (Å²) in [5, 5.41) is 29.2. The number of aliphatic hydroxyl groups is 1. The van der Waals surface area contributed by atoms with E-state index in [1.54, 1.807) is 13.2 Å². The number of β-amino-alcohol motifs (C(OH)–C–C–N with tert-alkyl or cyclic N) is 1. The van der Waals surface area contributed by atoms with E-state index in [1.165, 1.54) is 12.1 Å². The molecule has 9 nitrogen and oxygen atoms in total. The molecule has 0 spiro atoms. The summed E-state index contributed by atoms with van der Waals surface area (Å²) in [6, 6.07) is 19.1. The molecule has 202 valence electrons. The summed E-state index contributed by atoms with van der Waals surface area (Å²) in [6.45, 7) is 4.70. The van der Waals surface area contributed by atoms with E-state index < -0.39 is 12.1 Å². The van der Waals surface area contributed by atoms with Crippen LogP contribution in [0.25, 0.3) is 0 Å². The number of carbonyl (C=O) groups excluding carboxylic acids is 2. The molecule has 0 bridgehead atoms. The Morgan fingerprint density at radius 3 is 2.50 bits per heavy atom. The van der Waals surface area contributed by atoms with Crippen molar-refractivity contribution in [3.8, 4) is 11.5 Å². The second kappa shape index (κ2) is 12.9. The lowest BCUT2D eigenvalue weighted by atomic mass is 9.93. The molecule has 3 rings (SSSR count). The van der Waals surface area contributed by atoms with Gasteiger partial charge >= 0.3 is 6.03 Å². The molecule has 1 unspecified atom stereocenters. The highest BCUT2D eigenvalue weighted by Gasteiger charge is 2.21. The summed E-state index contributed by atoms with van der Waals surface area (Å²) in [7, 11) is 1.61. The maximum absolute atomic E-state index is 12.6. The van der Waals surface area contributed by atoms with Gasteiger partial charge in [-0.05, 0) is 55.2 Å².